The first kappa shape index (κ1) is 14.3. The molecule has 0 amide bonds. The van der Waals surface area contributed by atoms with Crippen molar-refractivity contribution in [3.05, 3.63) is 34.9 Å². The van der Waals surface area contributed by atoms with Crippen molar-refractivity contribution in [1.29, 1.82) is 0 Å². The zero-order valence-electron chi connectivity index (χ0n) is 11.1. The van der Waals surface area contributed by atoms with E-state index < -0.39 is 0 Å². The second kappa shape index (κ2) is 6.36. The molecule has 0 aliphatic rings. The monoisotopic (exact) mass is 294 g/mol. The Morgan fingerprint density at radius 3 is 2.40 bits per heavy atom. The Balaban J connectivity index is 2.18. The number of nitrogens with zero attached hydrogens (tertiary/aromatic N) is 3. The van der Waals surface area contributed by atoms with E-state index in [4.69, 9.17) is 22.2 Å². The van der Waals surface area contributed by atoms with Gasteiger partial charge in [0.25, 0.3) is 0 Å². The first-order valence-corrected chi connectivity index (χ1v) is 6.29. The largest absolute Gasteiger partial charge is 0.467 e. The number of nitrogens with two attached hydrogens (primary N) is 1. The molecule has 0 radical (unpaired) electrons. The van der Waals surface area contributed by atoms with Crippen LogP contribution in [0.5, 0.6) is 6.01 Å². The molecule has 1 heterocycles. The van der Waals surface area contributed by atoms with Gasteiger partial charge in [-0.25, -0.2) is 5.84 Å². The van der Waals surface area contributed by atoms with Gasteiger partial charge in [0.2, 0.25) is 11.9 Å². The van der Waals surface area contributed by atoms with Crippen LogP contribution < -0.4 is 21.3 Å². The highest BCUT2D eigenvalue weighted by atomic mass is 35.5. The van der Waals surface area contributed by atoms with Gasteiger partial charge >= 0.3 is 6.01 Å². The number of hydrogen-bond acceptors (Lipinski definition) is 7. The van der Waals surface area contributed by atoms with E-state index in [2.05, 4.69) is 25.7 Å². The summed E-state index contributed by atoms with van der Waals surface area (Å²) in [6, 6.07) is 7.69. The van der Waals surface area contributed by atoms with E-state index in [1.807, 2.05) is 31.2 Å². The number of anilines is 2. The van der Waals surface area contributed by atoms with E-state index in [1.54, 1.807) is 0 Å². The average molecular weight is 295 g/mol. The molecule has 1 unspecified atom stereocenters. The average Bonchev–Trinajstić information content (AvgIpc) is 2.47. The summed E-state index contributed by atoms with van der Waals surface area (Å²) in [5.41, 5.74) is 3.41. The fourth-order valence-electron chi connectivity index (χ4n) is 1.61. The predicted molar refractivity (Wildman–Crippen MR) is 77.7 cm³/mol. The summed E-state index contributed by atoms with van der Waals surface area (Å²) >= 11 is 5.86. The highest BCUT2D eigenvalue weighted by Crippen LogP contribution is 2.20. The van der Waals surface area contributed by atoms with Gasteiger partial charge in [0.05, 0.1) is 13.2 Å². The van der Waals surface area contributed by atoms with Gasteiger partial charge in [-0.2, -0.15) is 15.0 Å². The Hall–Kier alpha value is -2.12. The summed E-state index contributed by atoms with van der Waals surface area (Å²) in [5, 5.41) is 3.84. The van der Waals surface area contributed by atoms with Crippen LogP contribution in [0.2, 0.25) is 5.02 Å². The van der Waals surface area contributed by atoms with Crippen LogP contribution in [-0.2, 0) is 0 Å². The van der Waals surface area contributed by atoms with Crippen molar-refractivity contribution in [3.8, 4) is 6.01 Å². The standard InChI is InChI=1S/C12H15ClN6O/c1-7(8-3-5-9(13)6-4-8)15-10-16-11(19-14)18-12(17-10)20-2/h3-7H,14H2,1-2H3,(H2,15,16,17,18,19). The normalized spacial score (nSPS) is 11.8. The quantitative estimate of drug-likeness (QED) is 0.573. The topological polar surface area (TPSA) is 98.0 Å². The molecule has 2 aromatic rings. The van der Waals surface area contributed by atoms with Crippen LogP contribution in [0.25, 0.3) is 0 Å². The molecule has 0 fully saturated rings. The van der Waals surface area contributed by atoms with Crippen LogP contribution in [0.15, 0.2) is 24.3 Å². The molecule has 2 rings (SSSR count). The predicted octanol–water partition coefficient (Wildman–Crippen LogP) is 1.99. The summed E-state index contributed by atoms with van der Waals surface area (Å²) in [6.45, 7) is 1.98. The van der Waals surface area contributed by atoms with Crippen molar-refractivity contribution in [2.75, 3.05) is 17.9 Å². The maximum absolute atomic E-state index is 5.86. The van der Waals surface area contributed by atoms with Crippen LogP contribution in [0.4, 0.5) is 11.9 Å². The Morgan fingerprint density at radius 2 is 1.80 bits per heavy atom. The van der Waals surface area contributed by atoms with Gasteiger partial charge in [-0.15, -0.1) is 0 Å². The molecule has 4 N–H and O–H groups in total. The van der Waals surface area contributed by atoms with Crippen molar-refractivity contribution >= 4 is 23.5 Å². The Labute approximate surface area is 121 Å². The van der Waals surface area contributed by atoms with E-state index in [-0.39, 0.29) is 18.0 Å². The summed E-state index contributed by atoms with van der Waals surface area (Å²) in [4.78, 5) is 12.1. The highest BCUT2D eigenvalue weighted by molar-refractivity contribution is 6.30. The number of methoxy groups -OCH3 is 1. The Morgan fingerprint density at radius 1 is 1.15 bits per heavy atom. The lowest BCUT2D eigenvalue weighted by Gasteiger charge is -2.15. The number of hydrazine groups is 1. The van der Waals surface area contributed by atoms with Crippen molar-refractivity contribution in [2.24, 2.45) is 5.84 Å². The van der Waals surface area contributed by atoms with Crippen molar-refractivity contribution < 1.29 is 4.74 Å². The second-order valence-corrected chi connectivity index (χ2v) is 4.47. The number of ether oxygens (including phenoxy) is 1. The van der Waals surface area contributed by atoms with Crippen LogP contribution >= 0.6 is 11.6 Å². The number of benzene rings is 1. The number of rotatable bonds is 5. The van der Waals surface area contributed by atoms with Gasteiger partial charge in [0.1, 0.15) is 0 Å². The molecule has 0 aliphatic heterocycles. The summed E-state index contributed by atoms with van der Waals surface area (Å²) < 4.78 is 4.99. The third kappa shape index (κ3) is 3.46. The van der Waals surface area contributed by atoms with E-state index in [1.165, 1.54) is 7.11 Å². The number of nitrogens with one attached hydrogen (secondary N) is 2. The molecule has 0 saturated heterocycles. The zero-order chi connectivity index (χ0) is 14.5. The van der Waals surface area contributed by atoms with Crippen LogP contribution in [0.3, 0.4) is 0 Å². The second-order valence-electron chi connectivity index (χ2n) is 4.03. The van der Waals surface area contributed by atoms with Crippen molar-refractivity contribution in [2.45, 2.75) is 13.0 Å². The summed E-state index contributed by atoms with van der Waals surface area (Å²) in [7, 11) is 1.47. The molecule has 1 aromatic heterocycles. The molecule has 20 heavy (non-hydrogen) atoms. The molecule has 0 bridgehead atoms. The minimum Gasteiger partial charge on any atom is -0.467 e. The van der Waals surface area contributed by atoms with E-state index in [0.29, 0.717) is 11.0 Å². The van der Waals surface area contributed by atoms with E-state index in [0.717, 1.165) is 5.56 Å². The summed E-state index contributed by atoms with van der Waals surface area (Å²) in [5.74, 6) is 5.89. The molecule has 8 heteroatoms. The number of hydrogen-bond donors (Lipinski definition) is 3. The van der Waals surface area contributed by atoms with Crippen molar-refractivity contribution in [1.82, 2.24) is 15.0 Å². The first-order valence-electron chi connectivity index (χ1n) is 5.91. The van der Waals surface area contributed by atoms with Gasteiger partial charge in [0, 0.05) is 5.02 Å². The minimum atomic E-state index is -0.00926. The molecule has 0 spiro atoms. The third-order valence-electron chi connectivity index (χ3n) is 2.64. The molecule has 1 aromatic carbocycles. The number of halogens is 1. The molecular weight excluding hydrogens is 280 g/mol. The third-order valence-corrected chi connectivity index (χ3v) is 2.89. The molecule has 106 valence electrons. The van der Waals surface area contributed by atoms with Crippen molar-refractivity contribution in [3.63, 3.8) is 0 Å². The summed E-state index contributed by atoms with van der Waals surface area (Å²) in [6.07, 6.45) is 0. The lowest BCUT2D eigenvalue weighted by atomic mass is 10.1. The van der Waals surface area contributed by atoms with E-state index in [9.17, 15) is 0 Å². The molecule has 0 aliphatic carbocycles. The molecule has 7 nitrogen and oxygen atoms in total. The molecule has 0 saturated carbocycles. The lowest BCUT2D eigenvalue weighted by molar-refractivity contribution is 0.379. The Kier molecular flexibility index (Phi) is 4.54. The zero-order valence-corrected chi connectivity index (χ0v) is 11.8. The maximum Gasteiger partial charge on any atom is 0.322 e. The van der Waals surface area contributed by atoms with Gasteiger partial charge in [0.15, 0.2) is 0 Å². The lowest BCUT2D eigenvalue weighted by Crippen LogP contribution is -2.15. The van der Waals surface area contributed by atoms with Crippen LogP contribution in [-0.4, -0.2) is 22.1 Å². The van der Waals surface area contributed by atoms with Gasteiger partial charge in [-0.05, 0) is 24.6 Å². The highest BCUT2D eigenvalue weighted by Gasteiger charge is 2.10. The van der Waals surface area contributed by atoms with Gasteiger partial charge in [-0.1, -0.05) is 23.7 Å². The number of nitrogen functional groups attached to an aromatic ring is 1. The maximum atomic E-state index is 5.86. The SMILES string of the molecule is COc1nc(NN)nc(NC(C)c2ccc(Cl)cc2)n1. The fourth-order valence-corrected chi connectivity index (χ4v) is 1.73. The smallest absolute Gasteiger partial charge is 0.322 e. The van der Waals surface area contributed by atoms with Gasteiger partial charge < -0.3 is 10.1 Å². The molecule has 1 atom stereocenters. The van der Waals surface area contributed by atoms with Crippen LogP contribution in [0, 0.1) is 0 Å². The first-order chi connectivity index (χ1) is 9.62. The van der Waals surface area contributed by atoms with E-state index >= 15 is 0 Å². The minimum absolute atomic E-state index is 0.00926. The van der Waals surface area contributed by atoms with Crippen LogP contribution in [0.1, 0.15) is 18.5 Å². The van der Waals surface area contributed by atoms with Gasteiger partial charge in [-0.3, -0.25) is 5.43 Å². The Bertz CT molecular complexity index is 554. The fraction of sp³-hybridized carbons (Fsp3) is 0.250. The molecular formula is C12H15ClN6O. The number of aromatic nitrogens is 3.